The Kier molecular flexibility index (Phi) is 2.99. The molecule has 0 spiro atoms. The van der Waals surface area contributed by atoms with Crippen molar-refractivity contribution < 1.29 is 0 Å². The van der Waals surface area contributed by atoms with Crippen molar-refractivity contribution in [1.82, 2.24) is 10.4 Å². The minimum absolute atomic E-state index is 0.873. The maximum absolute atomic E-state index is 3.26. The molecular formula is C13H16N2. The summed E-state index contributed by atoms with van der Waals surface area (Å²) in [6.07, 6.45) is 0. The van der Waals surface area contributed by atoms with E-state index in [1.807, 2.05) is 19.1 Å². The standard InChI is InChI=1S/C13H16N2/c1-15(2)14-10-11-7-8-12-5-3-4-6-13(12)9-11/h3-9,14H,10H2,1-2H3. The molecule has 1 N–H and O–H groups in total. The second-order valence-corrected chi connectivity index (χ2v) is 3.91. The highest BCUT2D eigenvalue weighted by atomic mass is 15.5. The third-order valence-corrected chi connectivity index (χ3v) is 2.41. The predicted molar refractivity (Wildman–Crippen MR) is 64.5 cm³/mol. The highest BCUT2D eigenvalue weighted by Gasteiger charge is 1.96. The lowest BCUT2D eigenvalue weighted by molar-refractivity contribution is 0.286. The van der Waals surface area contributed by atoms with Crippen LogP contribution in [-0.4, -0.2) is 19.1 Å². The van der Waals surface area contributed by atoms with Crippen LogP contribution in [0.25, 0.3) is 10.8 Å². The van der Waals surface area contributed by atoms with E-state index in [0.29, 0.717) is 0 Å². The van der Waals surface area contributed by atoms with Crippen molar-refractivity contribution in [2.75, 3.05) is 14.1 Å². The van der Waals surface area contributed by atoms with Crippen LogP contribution in [0.15, 0.2) is 42.5 Å². The molecule has 0 aliphatic rings. The average molecular weight is 200 g/mol. The van der Waals surface area contributed by atoms with E-state index in [1.54, 1.807) is 0 Å². The van der Waals surface area contributed by atoms with Crippen LogP contribution in [0.1, 0.15) is 5.56 Å². The van der Waals surface area contributed by atoms with Crippen molar-refractivity contribution >= 4 is 10.8 Å². The molecule has 2 aromatic carbocycles. The van der Waals surface area contributed by atoms with Crippen molar-refractivity contribution in [1.29, 1.82) is 0 Å². The summed E-state index contributed by atoms with van der Waals surface area (Å²) in [6.45, 7) is 0.873. The molecule has 78 valence electrons. The summed E-state index contributed by atoms with van der Waals surface area (Å²) in [7, 11) is 4.00. The summed E-state index contributed by atoms with van der Waals surface area (Å²) >= 11 is 0. The summed E-state index contributed by atoms with van der Waals surface area (Å²) in [5, 5.41) is 4.57. The van der Waals surface area contributed by atoms with E-state index < -0.39 is 0 Å². The second kappa shape index (κ2) is 4.43. The maximum Gasteiger partial charge on any atom is 0.0353 e. The first-order valence-electron chi connectivity index (χ1n) is 5.14. The lowest BCUT2D eigenvalue weighted by Gasteiger charge is -2.12. The number of nitrogens with zero attached hydrogens (tertiary/aromatic N) is 1. The molecule has 0 unspecified atom stereocenters. The van der Waals surface area contributed by atoms with Gasteiger partial charge in [-0.25, -0.2) is 0 Å². The van der Waals surface area contributed by atoms with Crippen LogP contribution >= 0.6 is 0 Å². The van der Waals surface area contributed by atoms with Crippen molar-refractivity contribution in [3.05, 3.63) is 48.0 Å². The molecule has 0 radical (unpaired) electrons. The van der Waals surface area contributed by atoms with E-state index in [4.69, 9.17) is 0 Å². The normalized spacial score (nSPS) is 11.1. The topological polar surface area (TPSA) is 15.3 Å². The molecule has 0 atom stereocenters. The van der Waals surface area contributed by atoms with Crippen LogP contribution in [0.4, 0.5) is 0 Å². The van der Waals surface area contributed by atoms with Gasteiger partial charge in [0.25, 0.3) is 0 Å². The summed E-state index contributed by atoms with van der Waals surface area (Å²) in [5.74, 6) is 0. The Morgan fingerprint density at radius 1 is 1.00 bits per heavy atom. The number of rotatable bonds is 3. The van der Waals surface area contributed by atoms with Crippen molar-refractivity contribution in [2.24, 2.45) is 0 Å². The minimum atomic E-state index is 0.873. The van der Waals surface area contributed by atoms with Gasteiger partial charge in [0.1, 0.15) is 0 Å². The van der Waals surface area contributed by atoms with E-state index in [9.17, 15) is 0 Å². The summed E-state index contributed by atoms with van der Waals surface area (Å²) in [5.41, 5.74) is 4.57. The Morgan fingerprint density at radius 2 is 1.73 bits per heavy atom. The van der Waals surface area contributed by atoms with Gasteiger partial charge in [0.2, 0.25) is 0 Å². The number of fused-ring (bicyclic) bond motifs is 1. The van der Waals surface area contributed by atoms with E-state index in [-0.39, 0.29) is 0 Å². The Balaban J connectivity index is 2.23. The van der Waals surface area contributed by atoms with Gasteiger partial charge in [0.15, 0.2) is 0 Å². The van der Waals surface area contributed by atoms with Crippen LogP contribution in [0.5, 0.6) is 0 Å². The quantitative estimate of drug-likeness (QED) is 0.765. The van der Waals surface area contributed by atoms with Crippen LogP contribution in [0.3, 0.4) is 0 Å². The lowest BCUT2D eigenvalue weighted by Crippen LogP contribution is -2.29. The van der Waals surface area contributed by atoms with Gasteiger partial charge < -0.3 is 0 Å². The first kappa shape index (κ1) is 10.1. The smallest absolute Gasteiger partial charge is 0.0353 e. The Labute approximate surface area is 90.5 Å². The molecule has 0 saturated heterocycles. The Morgan fingerprint density at radius 3 is 2.47 bits per heavy atom. The second-order valence-electron chi connectivity index (χ2n) is 3.91. The fraction of sp³-hybridized carbons (Fsp3) is 0.231. The van der Waals surface area contributed by atoms with Crippen molar-refractivity contribution in [3.8, 4) is 0 Å². The minimum Gasteiger partial charge on any atom is -0.251 e. The number of benzene rings is 2. The van der Waals surface area contributed by atoms with E-state index in [0.717, 1.165) is 6.54 Å². The third kappa shape index (κ3) is 2.55. The van der Waals surface area contributed by atoms with Gasteiger partial charge in [-0.05, 0) is 22.4 Å². The average Bonchev–Trinajstić information content (AvgIpc) is 2.26. The van der Waals surface area contributed by atoms with Gasteiger partial charge in [0, 0.05) is 20.6 Å². The molecule has 0 aliphatic heterocycles. The van der Waals surface area contributed by atoms with Gasteiger partial charge in [-0.3, -0.25) is 10.4 Å². The summed E-state index contributed by atoms with van der Waals surface area (Å²) < 4.78 is 0. The molecule has 2 rings (SSSR count). The van der Waals surface area contributed by atoms with Gasteiger partial charge >= 0.3 is 0 Å². The first-order chi connectivity index (χ1) is 7.25. The van der Waals surface area contributed by atoms with E-state index >= 15 is 0 Å². The number of hydrogen-bond donors (Lipinski definition) is 1. The van der Waals surface area contributed by atoms with Crippen LogP contribution in [0.2, 0.25) is 0 Å². The van der Waals surface area contributed by atoms with Crippen LogP contribution in [0, 0.1) is 0 Å². The zero-order chi connectivity index (χ0) is 10.7. The largest absolute Gasteiger partial charge is 0.251 e. The fourth-order valence-corrected chi connectivity index (χ4v) is 1.60. The zero-order valence-electron chi connectivity index (χ0n) is 9.20. The molecule has 2 nitrogen and oxygen atoms in total. The van der Waals surface area contributed by atoms with Gasteiger partial charge in [-0.2, -0.15) is 0 Å². The molecule has 15 heavy (non-hydrogen) atoms. The predicted octanol–water partition coefficient (Wildman–Crippen LogP) is 2.41. The van der Waals surface area contributed by atoms with Gasteiger partial charge in [0.05, 0.1) is 0 Å². The lowest BCUT2D eigenvalue weighted by atomic mass is 10.1. The molecule has 0 fully saturated rings. The molecule has 2 aromatic rings. The highest BCUT2D eigenvalue weighted by Crippen LogP contribution is 2.15. The molecular weight excluding hydrogens is 184 g/mol. The van der Waals surface area contributed by atoms with Crippen molar-refractivity contribution in [2.45, 2.75) is 6.54 Å². The number of nitrogens with one attached hydrogen (secondary N) is 1. The van der Waals surface area contributed by atoms with Crippen molar-refractivity contribution in [3.63, 3.8) is 0 Å². The SMILES string of the molecule is CN(C)NCc1ccc2ccccc2c1. The molecule has 0 amide bonds. The number of hydrogen-bond acceptors (Lipinski definition) is 2. The maximum atomic E-state index is 3.26. The molecule has 0 bridgehead atoms. The number of hydrazine groups is 1. The van der Waals surface area contributed by atoms with Crippen LogP contribution in [-0.2, 0) is 6.54 Å². The monoisotopic (exact) mass is 200 g/mol. The van der Waals surface area contributed by atoms with Gasteiger partial charge in [-0.1, -0.05) is 36.4 Å². The Hall–Kier alpha value is -1.38. The fourth-order valence-electron chi connectivity index (χ4n) is 1.60. The molecule has 0 heterocycles. The van der Waals surface area contributed by atoms with E-state index in [1.165, 1.54) is 16.3 Å². The first-order valence-corrected chi connectivity index (χ1v) is 5.14. The zero-order valence-corrected chi connectivity index (χ0v) is 9.20. The molecule has 0 aromatic heterocycles. The molecule has 0 saturated carbocycles. The summed E-state index contributed by atoms with van der Waals surface area (Å²) in [4.78, 5) is 0. The molecule has 0 aliphatic carbocycles. The third-order valence-electron chi connectivity index (χ3n) is 2.41. The Bertz CT molecular complexity index is 449. The van der Waals surface area contributed by atoms with Gasteiger partial charge in [-0.15, -0.1) is 0 Å². The highest BCUT2D eigenvalue weighted by molar-refractivity contribution is 5.82. The van der Waals surface area contributed by atoms with Crippen LogP contribution < -0.4 is 5.43 Å². The molecule has 2 heteroatoms. The van der Waals surface area contributed by atoms with E-state index in [2.05, 4.69) is 47.9 Å². The summed E-state index contributed by atoms with van der Waals surface area (Å²) in [6, 6.07) is 15.0.